The van der Waals surface area contributed by atoms with E-state index in [1.165, 1.54) is 12.1 Å². The van der Waals surface area contributed by atoms with E-state index in [4.69, 9.17) is 5.10 Å². The fraction of sp³-hybridized carbons (Fsp3) is 0.478. The van der Waals surface area contributed by atoms with Gasteiger partial charge in [0.25, 0.3) is 0 Å². The number of amides is 2. The molecule has 1 aliphatic carbocycles. The van der Waals surface area contributed by atoms with Crippen molar-refractivity contribution in [2.24, 2.45) is 21.9 Å². The molecule has 1 saturated carbocycles. The van der Waals surface area contributed by atoms with Crippen LogP contribution in [0.2, 0.25) is 0 Å². The lowest BCUT2D eigenvalue weighted by atomic mass is 10.0. The van der Waals surface area contributed by atoms with Crippen LogP contribution in [0.4, 0.5) is 13.6 Å². The highest BCUT2D eigenvalue weighted by Gasteiger charge is 2.65. The van der Waals surface area contributed by atoms with E-state index in [0.717, 1.165) is 45.0 Å². The van der Waals surface area contributed by atoms with Gasteiger partial charge in [-0.25, -0.2) is 18.6 Å². The van der Waals surface area contributed by atoms with Crippen LogP contribution in [0.3, 0.4) is 0 Å². The highest BCUT2D eigenvalue weighted by Crippen LogP contribution is 2.63. The van der Waals surface area contributed by atoms with E-state index in [-0.39, 0.29) is 23.9 Å². The first-order valence-electron chi connectivity index (χ1n) is 11.2. The second-order valence-electron chi connectivity index (χ2n) is 9.40. The number of likely N-dealkylation sites (tertiary alicyclic amines) is 2. The molecule has 0 radical (unpaired) electrons. The first-order chi connectivity index (χ1) is 15.5. The molecule has 1 unspecified atom stereocenters. The van der Waals surface area contributed by atoms with Crippen molar-refractivity contribution in [1.82, 2.24) is 15.1 Å². The van der Waals surface area contributed by atoms with Gasteiger partial charge in [-0.1, -0.05) is 12.0 Å². The highest BCUT2D eigenvalue weighted by molar-refractivity contribution is 6.31. The molecular formula is C23H25F2N6O+. The molecular weight excluding hydrogens is 414 g/mol. The van der Waals surface area contributed by atoms with Gasteiger partial charge in [0.05, 0.1) is 5.54 Å². The first-order valence-corrected chi connectivity index (χ1v) is 11.2. The van der Waals surface area contributed by atoms with E-state index in [2.05, 4.69) is 22.1 Å². The summed E-state index contributed by atoms with van der Waals surface area (Å²) in [5.41, 5.74) is -0.158. The summed E-state index contributed by atoms with van der Waals surface area (Å²) in [6.45, 7) is 4.34. The van der Waals surface area contributed by atoms with Crippen LogP contribution in [-0.4, -0.2) is 64.2 Å². The predicted octanol–water partition coefficient (Wildman–Crippen LogP) is 2.64. The first kappa shape index (κ1) is 19.6. The number of hydrazone groups is 1. The summed E-state index contributed by atoms with van der Waals surface area (Å²) in [7, 11) is 0. The minimum absolute atomic E-state index is 0.149. The summed E-state index contributed by atoms with van der Waals surface area (Å²) in [6.07, 6.45) is 7.82. The van der Waals surface area contributed by atoms with Gasteiger partial charge in [-0.2, -0.15) is 5.32 Å². The molecule has 3 fully saturated rings. The molecule has 4 heterocycles. The number of urea groups is 1. The monoisotopic (exact) mass is 439 g/mol. The van der Waals surface area contributed by atoms with Gasteiger partial charge in [-0.3, -0.25) is 0 Å². The van der Waals surface area contributed by atoms with E-state index in [1.54, 1.807) is 15.8 Å². The number of carbonyl (C=O) groups is 1. The van der Waals surface area contributed by atoms with E-state index >= 15 is 0 Å². The fourth-order valence-corrected chi connectivity index (χ4v) is 5.61. The van der Waals surface area contributed by atoms with Crippen LogP contribution in [0.5, 0.6) is 0 Å². The second-order valence-corrected chi connectivity index (χ2v) is 9.40. The van der Waals surface area contributed by atoms with Crippen LogP contribution in [0.15, 0.2) is 40.4 Å². The molecule has 1 aromatic carbocycles. The maximum atomic E-state index is 14.7. The topological polar surface area (TPSA) is 63.3 Å². The fourth-order valence-electron chi connectivity index (χ4n) is 5.61. The number of carbonyl (C=O) groups excluding carboxylic acids is 1. The van der Waals surface area contributed by atoms with Crippen molar-refractivity contribution in [3.63, 3.8) is 0 Å². The average Bonchev–Trinajstić information content (AvgIpc) is 3.10. The van der Waals surface area contributed by atoms with Gasteiger partial charge in [-0.15, -0.1) is 4.68 Å². The van der Waals surface area contributed by atoms with Gasteiger partial charge in [0.1, 0.15) is 17.8 Å². The Morgan fingerprint density at radius 1 is 1.28 bits per heavy atom. The molecule has 6 rings (SSSR count). The highest BCUT2D eigenvalue weighted by atomic mass is 19.1. The van der Waals surface area contributed by atoms with Crippen molar-refractivity contribution in [2.75, 3.05) is 19.6 Å². The Hall–Kier alpha value is -3.10. The normalized spacial score (nSPS) is 32.3. The van der Waals surface area contributed by atoms with Crippen molar-refractivity contribution in [2.45, 2.75) is 37.9 Å². The van der Waals surface area contributed by atoms with Gasteiger partial charge in [0, 0.05) is 25.2 Å². The van der Waals surface area contributed by atoms with Crippen molar-refractivity contribution >= 4 is 23.9 Å². The summed E-state index contributed by atoms with van der Waals surface area (Å²) < 4.78 is 30.3. The molecule has 2 saturated heterocycles. The van der Waals surface area contributed by atoms with E-state index < -0.39 is 11.4 Å². The standard InChI is InChI=1S/C23H24F2N6O/c1-14-6-8-29(13-14)22(32)27-21-12-26-19-4-5-20(28-31(19)21)30-9-7-15-11-23(15,30)17-10-16(24)2-3-18(17)25/h2-5,10,12,14-15,19H,6-9,11,13H2,1H3/p+1/t14-,15-,19?,23+/m0/s1. The van der Waals surface area contributed by atoms with Crippen molar-refractivity contribution < 1.29 is 18.3 Å². The Morgan fingerprint density at radius 2 is 2.16 bits per heavy atom. The number of nitrogens with one attached hydrogen (secondary N) is 1. The number of aliphatic imine (C=N–C) groups is 1. The lowest BCUT2D eigenvalue weighted by Crippen LogP contribution is -2.46. The molecule has 32 heavy (non-hydrogen) atoms. The van der Waals surface area contributed by atoms with Crippen molar-refractivity contribution in [3.05, 3.63) is 47.5 Å². The maximum Gasteiger partial charge on any atom is 0.409 e. The second kappa shape index (κ2) is 6.95. The number of hydrogen-bond donors (Lipinski definition) is 1. The quantitative estimate of drug-likeness (QED) is 0.684. The zero-order valence-electron chi connectivity index (χ0n) is 17.8. The molecule has 4 atom stereocenters. The summed E-state index contributed by atoms with van der Waals surface area (Å²) in [6, 6.07) is 3.53. The van der Waals surface area contributed by atoms with Gasteiger partial charge in [0.15, 0.2) is 5.84 Å². The van der Waals surface area contributed by atoms with Crippen LogP contribution >= 0.6 is 0 Å². The Kier molecular flexibility index (Phi) is 4.25. The number of piperidine rings is 1. The Morgan fingerprint density at radius 3 is 2.94 bits per heavy atom. The lowest BCUT2D eigenvalue weighted by Gasteiger charge is -2.31. The van der Waals surface area contributed by atoms with Crippen LogP contribution < -0.4 is 5.32 Å². The maximum absolute atomic E-state index is 14.7. The van der Waals surface area contributed by atoms with E-state index in [1.807, 2.05) is 12.2 Å². The van der Waals surface area contributed by atoms with Crippen molar-refractivity contribution in [1.29, 1.82) is 0 Å². The van der Waals surface area contributed by atoms with Crippen molar-refractivity contribution in [3.8, 4) is 0 Å². The third kappa shape index (κ3) is 2.90. The SMILES string of the molecule is C[C@H]1CCN(C(=O)NC2=[N+]3N=C(N4CC[C@H]5C[C@]54c4cc(F)ccc4F)C=CC3N=C2)C1. The Balaban J connectivity index is 1.30. The largest absolute Gasteiger partial charge is 0.409 e. The molecule has 7 nitrogen and oxygen atoms in total. The summed E-state index contributed by atoms with van der Waals surface area (Å²) in [5, 5.41) is 7.72. The minimum atomic E-state index is -0.558. The molecule has 2 amide bonds. The van der Waals surface area contributed by atoms with E-state index in [9.17, 15) is 13.6 Å². The summed E-state index contributed by atoms with van der Waals surface area (Å²) in [5.74, 6) is 1.16. The van der Waals surface area contributed by atoms with Crippen LogP contribution in [0.1, 0.15) is 31.7 Å². The Bertz CT molecular complexity index is 1130. The van der Waals surface area contributed by atoms with Crippen LogP contribution in [0, 0.1) is 23.5 Å². The molecule has 1 N–H and O–H groups in total. The summed E-state index contributed by atoms with van der Waals surface area (Å²) >= 11 is 0. The van der Waals surface area contributed by atoms with Crippen LogP contribution in [0.25, 0.3) is 0 Å². The minimum Gasteiger partial charge on any atom is -0.343 e. The smallest absolute Gasteiger partial charge is 0.343 e. The molecule has 5 aliphatic rings. The molecule has 0 aromatic heterocycles. The number of benzene rings is 1. The molecule has 0 bridgehead atoms. The van der Waals surface area contributed by atoms with Gasteiger partial charge in [-0.05, 0) is 61.4 Å². The average molecular weight is 439 g/mol. The molecule has 4 aliphatic heterocycles. The third-order valence-electron chi connectivity index (χ3n) is 7.35. The van der Waals surface area contributed by atoms with Gasteiger partial charge < -0.3 is 9.80 Å². The molecule has 0 spiro atoms. The number of rotatable bonds is 1. The van der Waals surface area contributed by atoms with E-state index in [0.29, 0.717) is 23.2 Å². The number of fused-ring (bicyclic) bond motifs is 2. The third-order valence-corrected chi connectivity index (χ3v) is 7.35. The molecule has 1 aromatic rings. The van der Waals surface area contributed by atoms with Gasteiger partial charge in [0.2, 0.25) is 6.17 Å². The Labute approximate surface area is 184 Å². The number of amidine groups is 2. The van der Waals surface area contributed by atoms with Gasteiger partial charge >= 0.3 is 11.9 Å². The lowest BCUT2D eigenvalue weighted by molar-refractivity contribution is -0.556. The molecule has 166 valence electrons. The molecule has 9 heteroatoms. The van der Waals surface area contributed by atoms with Crippen LogP contribution in [-0.2, 0) is 5.54 Å². The number of halogens is 2. The number of nitrogens with zero attached hydrogens (tertiary/aromatic N) is 5. The summed E-state index contributed by atoms with van der Waals surface area (Å²) in [4.78, 5) is 21.0. The predicted molar refractivity (Wildman–Crippen MR) is 115 cm³/mol. The zero-order chi connectivity index (χ0) is 22.0. The number of hydrogen-bond acceptors (Lipinski definition) is 4. The zero-order valence-corrected chi connectivity index (χ0v) is 17.8.